The molecule has 0 aliphatic heterocycles. The van der Waals surface area contributed by atoms with Gasteiger partial charge in [0.1, 0.15) is 5.75 Å². The highest BCUT2D eigenvalue weighted by molar-refractivity contribution is 7.80. The fourth-order valence-electron chi connectivity index (χ4n) is 2.04. The Hall–Kier alpha value is -1.62. The molecule has 1 aromatic carbocycles. The molecule has 5 heteroatoms. The van der Waals surface area contributed by atoms with Crippen molar-refractivity contribution in [2.75, 3.05) is 7.11 Å². The number of hydrogen-bond donors (Lipinski definition) is 2. The monoisotopic (exact) mass is 294 g/mol. The van der Waals surface area contributed by atoms with E-state index in [1.807, 2.05) is 45.0 Å². The highest BCUT2D eigenvalue weighted by atomic mass is 32.1. The highest BCUT2D eigenvalue weighted by Crippen LogP contribution is 2.19. The van der Waals surface area contributed by atoms with E-state index in [0.717, 1.165) is 11.3 Å². The van der Waals surface area contributed by atoms with Gasteiger partial charge in [-0.05, 0) is 30.5 Å². The molecule has 1 aromatic rings. The van der Waals surface area contributed by atoms with E-state index in [0.29, 0.717) is 0 Å². The van der Waals surface area contributed by atoms with Crippen molar-refractivity contribution in [2.45, 2.75) is 26.8 Å². The second-order valence-corrected chi connectivity index (χ2v) is 5.60. The summed E-state index contributed by atoms with van der Waals surface area (Å²) in [7, 11) is 1.62. The predicted molar refractivity (Wildman–Crippen MR) is 84.7 cm³/mol. The van der Waals surface area contributed by atoms with Crippen LogP contribution in [-0.2, 0) is 4.79 Å². The molecular weight excluding hydrogens is 272 g/mol. The molecule has 0 heterocycles. The lowest BCUT2D eigenvalue weighted by atomic mass is 9.94. The van der Waals surface area contributed by atoms with Gasteiger partial charge in [0.25, 0.3) is 0 Å². The Bertz CT molecular complexity index is 471. The van der Waals surface area contributed by atoms with Crippen LogP contribution in [0.4, 0.5) is 0 Å². The molecule has 0 radical (unpaired) electrons. The Morgan fingerprint density at radius 1 is 1.25 bits per heavy atom. The minimum absolute atomic E-state index is 0.0792. The fraction of sp³-hybridized carbons (Fsp3) is 0.467. The van der Waals surface area contributed by atoms with Gasteiger partial charge < -0.3 is 15.8 Å². The predicted octanol–water partition coefficient (Wildman–Crippen LogP) is 2.43. The van der Waals surface area contributed by atoms with Crippen molar-refractivity contribution >= 4 is 23.1 Å². The first-order valence-corrected chi connectivity index (χ1v) is 7.01. The SMILES string of the molecule is COc1ccc(C(C)NC(=O)C(C(N)=S)C(C)C)cc1. The summed E-state index contributed by atoms with van der Waals surface area (Å²) in [5, 5.41) is 2.95. The summed E-state index contributed by atoms with van der Waals surface area (Å²) in [6.45, 7) is 5.79. The first kappa shape index (κ1) is 16.4. The van der Waals surface area contributed by atoms with Crippen molar-refractivity contribution in [1.29, 1.82) is 0 Å². The third-order valence-corrected chi connectivity index (χ3v) is 3.48. The molecule has 0 spiro atoms. The zero-order valence-electron chi connectivity index (χ0n) is 12.3. The zero-order valence-corrected chi connectivity index (χ0v) is 13.2. The largest absolute Gasteiger partial charge is 0.497 e. The van der Waals surface area contributed by atoms with E-state index in [-0.39, 0.29) is 22.9 Å². The number of thiocarbonyl (C=S) groups is 1. The van der Waals surface area contributed by atoms with Gasteiger partial charge in [-0.1, -0.05) is 38.2 Å². The van der Waals surface area contributed by atoms with E-state index in [1.54, 1.807) is 7.11 Å². The van der Waals surface area contributed by atoms with Gasteiger partial charge in [0.15, 0.2) is 0 Å². The van der Waals surface area contributed by atoms with Crippen molar-refractivity contribution in [3.8, 4) is 5.75 Å². The van der Waals surface area contributed by atoms with Crippen LogP contribution in [0.15, 0.2) is 24.3 Å². The number of nitrogens with one attached hydrogen (secondary N) is 1. The summed E-state index contributed by atoms with van der Waals surface area (Å²) < 4.78 is 5.11. The van der Waals surface area contributed by atoms with Gasteiger partial charge in [-0.3, -0.25) is 4.79 Å². The first-order valence-electron chi connectivity index (χ1n) is 6.60. The number of methoxy groups -OCH3 is 1. The Labute approximate surface area is 125 Å². The average Bonchev–Trinajstić information content (AvgIpc) is 2.37. The molecule has 1 amide bonds. The molecular formula is C15H22N2O2S. The summed E-state index contributed by atoms with van der Waals surface area (Å²) in [6, 6.07) is 7.48. The van der Waals surface area contributed by atoms with E-state index < -0.39 is 5.92 Å². The third kappa shape index (κ3) is 4.20. The van der Waals surface area contributed by atoms with Gasteiger partial charge in [-0.15, -0.1) is 0 Å². The van der Waals surface area contributed by atoms with Crippen molar-refractivity contribution in [3.05, 3.63) is 29.8 Å². The molecule has 20 heavy (non-hydrogen) atoms. The van der Waals surface area contributed by atoms with E-state index in [9.17, 15) is 4.79 Å². The molecule has 0 fully saturated rings. The van der Waals surface area contributed by atoms with Gasteiger partial charge in [0, 0.05) is 0 Å². The normalized spacial score (nSPS) is 13.7. The maximum Gasteiger partial charge on any atom is 0.230 e. The fourth-order valence-corrected chi connectivity index (χ4v) is 2.42. The quantitative estimate of drug-likeness (QED) is 0.791. The molecule has 110 valence electrons. The lowest BCUT2D eigenvalue weighted by Gasteiger charge is -2.22. The summed E-state index contributed by atoms with van der Waals surface area (Å²) >= 11 is 4.97. The zero-order chi connectivity index (χ0) is 15.3. The highest BCUT2D eigenvalue weighted by Gasteiger charge is 2.26. The van der Waals surface area contributed by atoms with Crippen LogP contribution in [-0.4, -0.2) is 18.0 Å². The second-order valence-electron chi connectivity index (χ2n) is 5.13. The van der Waals surface area contributed by atoms with Gasteiger partial charge in [-0.2, -0.15) is 0 Å². The maximum atomic E-state index is 12.2. The number of hydrogen-bond acceptors (Lipinski definition) is 3. The molecule has 2 atom stereocenters. The summed E-state index contributed by atoms with van der Waals surface area (Å²) in [5.74, 6) is 0.299. The lowest BCUT2D eigenvalue weighted by molar-refractivity contribution is -0.124. The molecule has 0 bridgehead atoms. The number of nitrogens with two attached hydrogens (primary N) is 1. The maximum absolute atomic E-state index is 12.2. The van der Waals surface area contributed by atoms with Crippen LogP contribution in [0.2, 0.25) is 0 Å². The standard InChI is InChI=1S/C15H22N2O2S/c1-9(2)13(14(16)20)15(18)17-10(3)11-5-7-12(19-4)8-6-11/h5-10,13H,1-4H3,(H2,16,20)(H,17,18). The van der Waals surface area contributed by atoms with Crippen LogP contribution in [0.3, 0.4) is 0 Å². The van der Waals surface area contributed by atoms with Crippen molar-refractivity contribution in [3.63, 3.8) is 0 Å². The van der Waals surface area contributed by atoms with Crippen LogP contribution in [0.5, 0.6) is 5.75 Å². The van der Waals surface area contributed by atoms with Crippen LogP contribution in [0.1, 0.15) is 32.4 Å². The topological polar surface area (TPSA) is 64.3 Å². The molecule has 3 N–H and O–H groups in total. The summed E-state index contributed by atoms with van der Waals surface area (Å²) in [4.78, 5) is 12.5. The van der Waals surface area contributed by atoms with E-state index in [1.165, 1.54) is 0 Å². The molecule has 0 aliphatic rings. The van der Waals surface area contributed by atoms with E-state index in [4.69, 9.17) is 22.7 Å². The smallest absolute Gasteiger partial charge is 0.230 e. The minimum atomic E-state index is -0.439. The molecule has 2 unspecified atom stereocenters. The van der Waals surface area contributed by atoms with E-state index in [2.05, 4.69) is 5.32 Å². The van der Waals surface area contributed by atoms with Gasteiger partial charge >= 0.3 is 0 Å². The van der Waals surface area contributed by atoms with Crippen LogP contribution in [0, 0.1) is 11.8 Å². The van der Waals surface area contributed by atoms with Crippen LogP contribution >= 0.6 is 12.2 Å². The number of carbonyl (C=O) groups excluding carboxylic acids is 1. The number of ether oxygens (including phenoxy) is 1. The molecule has 0 aliphatic carbocycles. The van der Waals surface area contributed by atoms with Crippen molar-refractivity contribution < 1.29 is 9.53 Å². The molecule has 0 saturated heterocycles. The molecule has 4 nitrogen and oxygen atoms in total. The lowest BCUT2D eigenvalue weighted by Crippen LogP contribution is -2.41. The van der Waals surface area contributed by atoms with Gasteiger partial charge in [0.2, 0.25) is 5.91 Å². The van der Waals surface area contributed by atoms with Crippen molar-refractivity contribution in [1.82, 2.24) is 5.32 Å². The minimum Gasteiger partial charge on any atom is -0.497 e. The van der Waals surface area contributed by atoms with Gasteiger partial charge in [0.05, 0.1) is 24.1 Å². The number of carbonyl (C=O) groups is 1. The van der Waals surface area contributed by atoms with Gasteiger partial charge in [-0.25, -0.2) is 0 Å². The Kier molecular flexibility index (Phi) is 5.95. The molecule has 0 saturated carbocycles. The Morgan fingerprint density at radius 2 is 1.80 bits per heavy atom. The third-order valence-electron chi connectivity index (χ3n) is 3.23. The average molecular weight is 294 g/mol. The summed E-state index contributed by atoms with van der Waals surface area (Å²) in [5.41, 5.74) is 6.65. The number of amides is 1. The van der Waals surface area contributed by atoms with Crippen LogP contribution < -0.4 is 15.8 Å². The summed E-state index contributed by atoms with van der Waals surface area (Å²) in [6.07, 6.45) is 0. The number of rotatable bonds is 6. The Morgan fingerprint density at radius 3 is 2.20 bits per heavy atom. The second kappa shape index (κ2) is 7.24. The van der Waals surface area contributed by atoms with Crippen LogP contribution in [0.25, 0.3) is 0 Å². The molecule has 1 rings (SSSR count). The van der Waals surface area contributed by atoms with Crippen molar-refractivity contribution in [2.24, 2.45) is 17.6 Å². The van der Waals surface area contributed by atoms with E-state index >= 15 is 0 Å². The number of benzene rings is 1. The molecule has 0 aromatic heterocycles. The Balaban J connectivity index is 2.75. The first-order chi connectivity index (χ1) is 9.36.